The average Bonchev–Trinajstić information content (AvgIpc) is 2.71. The van der Waals surface area contributed by atoms with Crippen molar-refractivity contribution in [2.75, 3.05) is 5.73 Å². The Bertz CT molecular complexity index is 688. The number of nitrogen functional groups attached to an aromatic ring is 1. The number of nitrogens with zero attached hydrogens (tertiary/aromatic N) is 2. The molecule has 3 aromatic rings. The van der Waals surface area contributed by atoms with Gasteiger partial charge in [0.15, 0.2) is 0 Å². The number of halogens is 1. The molecule has 4 heteroatoms. The second-order valence-corrected chi connectivity index (χ2v) is 4.24. The molecular formula is C13H10ClN3. The summed E-state index contributed by atoms with van der Waals surface area (Å²) in [5.41, 5.74) is 8.71. The molecule has 0 aliphatic carbocycles. The van der Waals surface area contributed by atoms with Crippen LogP contribution in [0.3, 0.4) is 0 Å². The van der Waals surface area contributed by atoms with Gasteiger partial charge in [-0.3, -0.25) is 4.98 Å². The normalized spacial score (nSPS) is 10.9. The molecule has 3 nitrogen and oxygen atoms in total. The number of nitrogens with two attached hydrogens (primary N) is 1. The van der Waals surface area contributed by atoms with Gasteiger partial charge in [0.05, 0.1) is 11.2 Å². The molecule has 0 bridgehead atoms. The highest BCUT2D eigenvalue weighted by Crippen LogP contribution is 2.26. The Hall–Kier alpha value is -2.00. The largest absolute Gasteiger partial charge is 0.385 e. The van der Waals surface area contributed by atoms with Crippen LogP contribution in [0, 0.1) is 0 Å². The van der Waals surface area contributed by atoms with Crippen molar-refractivity contribution >= 4 is 22.9 Å². The Morgan fingerprint density at radius 2 is 2.06 bits per heavy atom. The van der Waals surface area contributed by atoms with Crippen molar-refractivity contribution in [3.63, 3.8) is 0 Å². The van der Waals surface area contributed by atoms with Gasteiger partial charge in [0.1, 0.15) is 5.82 Å². The maximum Gasteiger partial charge on any atom is 0.107 e. The van der Waals surface area contributed by atoms with E-state index in [2.05, 4.69) is 4.98 Å². The van der Waals surface area contributed by atoms with E-state index in [1.54, 1.807) is 6.20 Å². The van der Waals surface area contributed by atoms with E-state index >= 15 is 0 Å². The minimum Gasteiger partial charge on any atom is -0.385 e. The number of rotatable bonds is 1. The summed E-state index contributed by atoms with van der Waals surface area (Å²) < 4.78 is 1.91. The van der Waals surface area contributed by atoms with Crippen LogP contribution in [0.1, 0.15) is 0 Å². The molecule has 0 fully saturated rings. The molecule has 0 aliphatic rings. The van der Waals surface area contributed by atoms with E-state index in [9.17, 15) is 0 Å². The summed E-state index contributed by atoms with van der Waals surface area (Å²) in [5, 5.41) is 0.700. The Balaban J connectivity index is 2.30. The molecule has 2 N–H and O–H groups in total. The Morgan fingerprint density at radius 1 is 1.18 bits per heavy atom. The first kappa shape index (κ1) is 10.2. The van der Waals surface area contributed by atoms with Crippen molar-refractivity contribution in [1.82, 2.24) is 9.38 Å². The van der Waals surface area contributed by atoms with Gasteiger partial charge in [-0.1, -0.05) is 23.7 Å². The predicted octanol–water partition coefficient (Wildman–Crippen LogP) is 3.24. The molecule has 1 aromatic carbocycles. The van der Waals surface area contributed by atoms with Gasteiger partial charge in [-0.15, -0.1) is 0 Å². The van der Waals surface area contributed by atoms with Crippen LogP contribution in [0.25, 0.3) is 16.8 Å². The summed E-state index contributed by atoms with van der Waals surface area (Å²) in [7, 11) is 0. The third kappa shape index (κ3) is 1.65. The lowest BCUT2D eigenvalue weighted by atomic mass is 10.1. The zero-order valence-electron chi connectivity index (χ0n) is 8.97. The highest BCUT2D eigenvalue weighted by molar-refractivity contribution is 6.30. The summed E-state index contributed by atoms with van der Waals surface area (Å²) >= 11 is 5.99. The fourth-order valence-electron chi connectivity index (χ4n) is 1.92. The Morgan fingerprint density at radius 3 is 2.88 bits per heavy atom. The first-order chi connectivity index (χ1) is 8.25. The number of hydrogen-bond acceptors (Lipinski definition) is 2. The molecule has 3 rings (SSSR count). The van der Waals surface area contributed by atoms with E-state index in [0.29, 0.717) is 10.8 Å². The summed E-state index contributed by atoms with van der Waals surface area (Å²) in [6, 6.07) is 11.5. The predicted molar refractivity (Wildman–Crippen MR) is 70.1 cm³/mol. The van der Waals surface area contributed by atoms with Gasteiger partial charge in [-0.05, 0) is 24.3 Å². The third-order valence-corrected chi connectivity index (χ3v) is 2.94. The van der Waals surface area contributed by atoms with E-state index in [4.69, 9.17) is 17.3 Å². The van der Waals surface area contributed by atoms with E-state index in [1.165, 1.54) is 0 Å². The van der Waals surface area contributed by atoms with Crippen molar-refractivity contribution in [3.8, 4) is 11.3 Å². The lowest BCUT2D eigenvalue weighted by Crippen LogP contribution is -1.94. The lowest BCUT2D eigenvalue weighted by molar-refractivity contribution is 1.15. The van der Waals surface area contributed by atoms with Crippen LogP contribution in [0.15, 0.2) is 48.8 Å². The molecule has 17 heavy (non-hydrogen) atoms. The number of aromatic nitrogens is 2. The Kier molecular flexibility index (Phi) is 2.27. The second kappa shape index (κ2) is 3.79. The molecule has 0 saturated carbocycles. The smallest absolute Gasteiger partial charge is 0.107 e. The minimum absolute atomic E-state index is 0.700. The number of hydrogen-bond donors (Lipinski definition) is 1. The standard InChI is InChI=1S/C13H10ClN3/c14-10-3-1-2-9(8-10)13-11-4-5-12(15)17(11)7-6-16-13/h1-8H,15H2. The van der Waals surface area contributed by atoms with Gasteiger partial charge in [0, 0.05) is 23.0 Å². The molecule has 2 heterocycles. The number of fused-ring (bicyclic) bond motifs is 1. The van der Waals surface area contributed by atoms with Crippen LogP contribution in [-0.2, 0) is 0 Å². The minimum atomic E-state index is 0.700. The zero-order chi connectivity index (χ0) is 11.8. The van der Waals surface area contributed by atoms with Crippen molar-refractivity contribution in [2.24, 2.45) is 0 Å². The molecule has 0 amide bonds. The van der Waals surface area contributed by atoms with Crippen molar-refractivity contribution in [2.45, 2.75) is 0 Å². The molecule has 0 unspecified atom stereocenters. The monoisotopic (exact) mass is 243 g/mol. The summed E-state index contributed by atoms with van der Waals surface area (Å²) in [5.74, 6) is 0.700. The van der Waals surface area contributed by atoms with E-state index in [1.807, 2.05) is 47.0 Å². The van der Waals surface area contributed by atoms with E-state index in [-0.39, 0.29) is 0 Å². The van der Waals surface area contributed by atoms with Crippen molar-refractivity contribution in [3.05, 3.63) is 53.8 Å². The van der Waals surface area contributed by atoms with Crippen molar-refractivity contribution in [1.29, 1.82) is 0 Å². The van der Waals surface area contributed by atoms with Gasteiger partial charge in [0.2, 0.25) is 0 Å². The highest BCUT2D eigenvalue weighted by Gasteiger charge is 2.07. The first-order valence-electron chi connectivity index (χ1n) is 5.23. The molecule has 84 valence electrons. The van der Waals surface area contributed by atoms with Gasteiger partial charge in [0.25, 0.3) is 0 Å². The first-order valence-corrected chi connectivity index (χ1v) is 5.61. The quantitative estimate of drug-likeness (QED) is 0.713. The summed E-state index contributed by atoms with van der Waals surface area (Å²) in [6.45, 7) is 0. The van der Waals surface area contributed by atoms with Crippen LogP contribution in [0.2, 0.25) is 5.02 Å². The third-order valence-electron chi connectivity index (χ3n) is 2.71. The molecule has 0 radical (unpaired) electrons. The maximum atomic E-state index is 5.99. The van der Waals surface area contributed by atoms with Crippen LogP contribution < -0.4 is 5.73 Å². The van der Waals surface area contributed by atoms with Crippen LogP contribution in [0.4, 0.5) is 5.82 Å². The van der Waals surface area contributed by atoms with Gasteiger partial charge >= 0.3 is 0 Å². The topological polar surface area (TPSA) is 43.3 Å². The lowest BCUT2D eigenvalue weighted by Gasteiger charge is -2.05. The average molecular weight is 244 g/mol. The van der Waals surface area contributed by atoms with E-state index < -0.39 is 0 Å². The molecular weight excluding hydrogens is 234 g/mol. The second-order valence-electron chi connectivity index (χ2n) is 3.80. The fraction of sp³-hybridized carbons (Fsp3) is 0. The zero-order valence-corrected chi connectivity index (χ0v) is 9.72. The molecule has 0 saturated heterocycles. The highest BCUT2D eigenvalue weighted by atomic mass is 35.5. The molecule has 2 aromatic heterocycles. The van der Waals surface area contributed by atoms with Gasteiger partial charge in [-0.2, -0.15) is 0 Å². The van der Waals surface area contributed by atoms with Crippen LogP contribution in [0.5, 0.6) is 0 Å². The molecule has 0 atom stereocenters. The fourth-order valence-corrected chi connectivity index (χ4v) is 2.11. The summed E-state index contributed by atoms with van der Waals surface area (Å²) in [4.78, 5) is 4.40. The van der Waals surface area contributed by atoms with Gasteiger partial charge < -0.3 is 10.1 Å². The number of anilines is 1. The van der Waals surface area contributed by atoms with Crippen LogP contribution in [-0.4, -0.2) is 9.38 Å². The maximum absolute atomic E-state index is 5.99. The van der Waals surface area contributed by atoms with Gasteiger partial charge in [-0.25, -0.2) is 0 Å². The number of benzene rings is 1. The Labute approximate surface area is 103 Å². The van der Waals surface area contributed by atoms with Crippen LogP contribution >= 0.6 is 11.6 Å². The summed E-state index contributed by atoms with van der Waals surface area (Å²) in [6.07, 6.45) is 3.58. The molecule has 0 spiro atoms. The SMILES string of the molecule is Nc1ccc2c(-c3cccc(Cl)c3)nccn12. The molecule has 0 aliphatic heterocycles. The van der Waals surface area contributed by atoms with E-state index in [0.717, 1.165) is 16.8 Å². The van der Waals surface area contributed by atoms with Crippen molar-refractivity contribution < 1.29 is 0 Å².